The number of carbonyl (C=O) groups is 1. The van der Waals surface area contributed by atoms with E-state index in [2.05, 4.69) is 32.1 Å². The molecule has 1 fully saturated rings. The second kappa shape index (κ2) is 9.93. The summed E-state index contributed by atoms with van der Waals surface area (Å²) >= 11 is 6.83. The Morgan fingerprint density at radius 2 is 2.03 bits per heavy atom. The first-order valence-electron chi connectivity index (χ1n) is 10.5. The van der Waals surface area contributed by atoms with Gasteiger partial charge in [0.1, 0.15) is 16.7 Å². The number of piperidine rings is 1. The maximum Gasteiger partial charge on any atom is 0.416 e. The molecule has 1 N–H and O–H groups in total. The summed E-state index contributed by atoms with van der Waals surface area (Å²) in [6.45, 7) is 3.34. The summed E-state index contributed by atoms with van der Waals surface area (Å²) in [7, 11) is 0. The van der Waals surface area contributed by atoms with E-state index in [-0.39, 0.29) is 33.3 Å². The topological polar surface area (TPSA) is 71.0 Å². The smallest absolute Gasteiger partial charge is 0.296 e. The van der Waals surface area contributed by atoms with Crippen LogP contribution in [0, 0.1) is 5.82 Å². The van der Waals surface area contributed by atoms with Crippen LogP contribution in [0.25, 0.3) is 11.3 Å². The van der Waals surface area contributed by atoms with Gasteiger partial charge in [-0.1, -0.05) is 29.4 Å². The first-order valence-corrected chi connectivity index (χ1v) is 11.7. The average Bonchev–Trinajstić information content (AvgIpc) is 3.17. The number of thiazole rings is 1. The van der Waals surface area contributed by atoms with Crippen molar-refractivity contribution in [1.29, 1.82) is 0 Å². The van der Waals surface area contributed by atoms with Crippen LogP contribution in [-0.4, -0.2) is 38.3 Å². The molecule has 1 aromatic carbocycles. The molecule has 3 heterocycles. The van der Waals surface area contributed by atoms with E-state index in [1.54, 1.807) is 0 Å². The Balaban J connectivity index is 1.70. The molecule has 1 aliphatic heterocycles. The highest BCUT2D eigenvalue weighted by atomic mass is 35.5. The number of nitrogens with one attached hydrogen (secondary N) is 1. The Labute approximate surface area is 202 Å². The van der Waals surface area contributed by atoms with Crippen LogP contribution < -0.4 is 5.32 Å². The van der Waals surface area contributed by atoms with Crippen LogP contribution in [0.3, 0.4) is 0 Å². The molecule has 1 aliphatic rings. The van der Waals surface area contributed by atoms with Crippen LogP contribution in [0.15, 0.2) is 30.6 Å². The minimum absolute atomic E-state index is 0.00235. The van der Waals surface area contributed by atoms with Crippen LogP contribution in [0.4, 0.5) is 22.7 Å². The number of likely N-dealkylation sites (tertiary alicyclic amines) is 1. The second-order valence-electron chi connectivity index (χ2n) is 8.01. The Morgan fingerprint density at radius 1 is 1.24 bits per heavy atom. The van der Waals surface area contributed by atoms with Gasteiger partial charge in [-0.05, 0) is 44.5 Å². The molecule has 1 amide bonds. The molecule has 12 heteroatoms. The fourth-order valence-corrected chi connectivity index (χ4v) is 4.90. The molecule has 2 aromatic heterocycles. The highest BCUT2D eigenvalue weighted by Gasteiger charge is 2.32. The summed E-state index contributed by atoms with van der Waals surface area (Å²) in [6.07, 6.45) is 0.831. The lowest BCUT2D eigenvalue weighted by Gasteiger charge is -2.33. The molecule has 0 spiro atoms. The second-order valence-corrected chi connectivity index (χ2v) is 9.48. The van der Waals surface area contributed by atoms with Gasteiger partial charge in [-0.25, -0.2) is 19.3 Å². The van der Waals surface area contributed by atoms with Crippen molar-refractivity contribution in [1.82, 2.24) is 19.9 Å². The maximum atomic E-state index is 14.1. The van der Waals surface area contributed by atoms with Gasteiger partial charge in [0.25, 0.3) is 5.91 Å². The van der Waals surface area contributed by atoms with Gasteiger partial charge in [-0.2, -0.15) is 13.2 Å². The van der Waals surface area contributed by atoms with Crippen LogP contribution in [0.5, 0.6) is 0 Å². The van der Waals surface area contributed by atoms with E-state index in [9.17, 15) is 22.4 Å². The minimum Gasteiger partial charge on any atom is -0.296 e. The highest BCUT2D eigenvalue weighted by molar-refractivity contribution is 7.16. The molecule has 6 nitrogen and oxygen atoms in total. The molecule has 180 valence electrons. The Kier molecular flexibility index (Phi) is 7.15. The van der Waals surface area contributed by atoms with Crippen molar-refractivity contribution < 1.29 is 22.4 Å². The van der Waals surface area contributed by atoms with E-state index in [4.69, 9.17) is 11.6 Å². The summed E-state index contributed by atoms with van der Waals surface area (Å²) in [4.78, 5) is 27.5. The zero-order valence-corrected chi connectivity index (χ0v) is 19.6. The van der Waals surface area contributed by atoms with E-state index >= 15 is 0 Å². The van der Waals surface area contributed by atoms with Gasteiger partial charge in [-0.3, -0.25) is 15.0 Å². The molecule has 0 bridgehead atoms. The Hall–Kier alpha value is -2.63. The van der Waals surface area contributed by atoms with Crippen molar-refractivity contribution in [3.63, 3.8) is 0 Å². The first-order chi connectivity index (χ1) is 16.1. The molecular formula is C22H20ClF4N5OS. The number of amides is 1. The highest BCUT2D eigenvalue weighted by Crippen LogP contribution is 2.37. The lowest BCUT2D eigenvalue weighted by Crippen LogP contribution is -2.36. The normalized spacial score (nSPS) is 17.1. The van der Waals surface area contributed by atoms with E-state index < -0.39 is 23.5 Å². The fourth-order valence-electron chi connectivity index (χ4n) is 3.80. The van der Waals surface area contributed by atoms with Gasteiger partial charge < -0.3 is 0 Å². The lowest BCUT2D eigenvalue weighted by atomic mass is 10.0. The summed E-state index contributed by atoms with van der Waals surface area (Å²) in [6, 6.07) is 2.62. The number of carbonyl (C=O) groups excluding carboxylic acids is 1. The van der Waals surface area contributed by atoms with E-state index in [1.165, 1.54) is 12.4 Å². The molecular weight excluding hydrogens is 494 g/mol. The van der Waals surface area contributed by atoms with Gasteiger partial charge in [-0.15, -0.1) is 0 Å². The van der Waals surface area contributed by atoms with Crippen molar-refractivity contribution in [3.05, 3.63) is 57.7 Å². The molecule has 1 atom stereocenters. The standard InChI is InChI=1S/C22H20ClF4N5OS/c1-12-4-2-3-5-32(12)11-17-19(13-6-14(22(25,26)27)8-15(24)7-13)30-21(34-17)31-20(33)16-9-29-18(23)10-28-16/h6-10,12H,2-5,11H2,1H3,(H,30,31,33)/t12-/m1/s1. The zero-order chi connectivity index (χ0) is 24.5. The number of hydrogen-bond acceptors (Lipinski definition) is 6. The van der Waals surface area contributed by atoms with Crippen LogP contribution >= 0.6 is 22.9 Å². The van der Waals surface area contributed by atoms with Gasteiger partial charge in [0.05, 0.1) is 23.7 Å². The number of hydrogen-bond donors (Lipinski definition) is 1. The predicted octanol–water partition coefficient (Wildman–Crippen LogP) is 6.04. The SMILES string of the molecule is C[C@@H]1CCCCN1Cc1sc(NC(=O)c2cnc(Cl)cn2)nc1-c1cc(F)cc(C(F)(F)F)c1. The molecule has 34 heavy (non-hydrogen) atoms. The van der Waals surface area contributed by atoms with Crippen molar-refractivity contribution in [2.24, 2.45) is 0 Å². The molecule has 1 saturated heterocycles. The molecule has 0 aliphatic carbocycles. The van der Waals surface area contributed by atoms with Gasteiger partial charge in [0.15, 0.2) is 5.13 Å². The average molecular weight is 514 g/mol. The van der Waals surface area contributed by atoms with Crippen molar-refractivity contribution in [3.8, 4) is 11.3 Å². The van der Waals surface area contributed by atoms with Crippen molar-refractivity contribution in [2.75, 3.05) is 11.9 Å². The summed E-state index contributed by atoms with van der Waals surface area (Å²) in [5.74, 6) is -1.62. The lowest BCUT2D eigenvalue weighted by molar-refractivity contribution is -0.137. The third-order valence-electron chi connectivity index (χ3n) is 5.56. The Bertz CT molecular complexity index is 1190. The fraction of sp³-hybridized carbons (Fsp3) is 0.364. The molecule has 4 rings (SSSR count). The Morgan fingerprint density at radius 3 is 2.71 bits per heavy atom. The minimum atomic E-state index is -4.71. The maximum absolute atomic E-state index is 14.1. The van der Waals surface area contributed by atoms with Crippen LogP contribution in [0.1, 0.15) is 47.1 Å². The van der Waals surface area contributed by atoms with E-state index in [0.717, 1.165) is 49.3 Å². The van der Waals surface area contributed by atoms with E-state index in [1.807, 2.05) is 0 Å². The van der Waals surface area contributed by atoms with Crippen molar-refractivity contribution >= 4 is 34.0 Å². The summed E-state index contributed by atoms with van der Waals surface area (Å²) in [5.41, 5.74) is -0.910. The number of alkyl halides is 3. The third kappa shape index (κ3) is 5.70. The molecule has 0 radical (unpaired) electrons. The van der Waals surface area contributed by atoms with Crippen LogP contribution in [0.2, 0.25) is 5.15 Å². The number of halogens is 5. The number of rotatable bonds is 5. The monoisotopic (exact) mass is 513 g/mol. The van der Waals surface area contributed by atoms with Gasteiger partial charge in [0.2, 0.25) is 0 Å². The molecule has 0 saturated carbocycles. The van der Waals surface area contributed by atoms with Gasteiger partial charge >= 0.3 is 6.18 Å². The largest absolute Gasteiger partial charge is 0.416 e. The zero-order valence-electron chi connectivity index (χ0n) is 18.0. The third-order valence-corrected chi connectivity index (χ3v) is 6.71. The number of nitrogens with zero attached hydrogens (tertiary/aromatic N) is 4. The number of anilines is 1. The number of aromatic nitrogens is 3. The quantitative estimate of drug-likeness (QED) is 0.421. The van der Waals surface area contributed by atoms with Gasteiger partial charge in [0, 0.05) is 23.0 Å². The predicted molar refractivity (Wildman–Crippen MR) is 121 cm³/mol. The molecule has 0 unspecified atom stereocenters. The molecule has 3 aromatic rings. The van der Waals surface area contributed by atoms with Crippen molar-refractivity contribution in [2.45, 2.75) is 44.9 Å². The summed E-state index contributed by atoms with van der Waals surface area (Å²) in [5, 5.41) is 2.89. The van der Waals surface area contributed by atoms with Crippen LogP contribution in [-0.2, 0) is 12.7 Å². The number of benzene rings is 1. The van der Waals surface area contributed by atoms with E-state index in [0.29, 0.717) is 17.5 Å². The first kappa shape index (κ1) is 24.5. The summed E-state index contributed by atoms with van der Waals surface area (Å²) < 4.78 is 54.1.